The number of amides is 4. The molecule has 1 unspecified atom stereocenters. The van der Waals surface area contributed by atoms with Crippen LogP contribution < -0.4 is 20.1 Å². The molecule has 2 aromatic carbocycles. The first-order chi connectivity index (χ1) is 14.4. The van der Waals surface area contributed by atoms with Crippen molar-refractivity contribution >= 4 is 23.5 Å². The molecule has 30 heavy (non-hydrogen) atoms. The molecule has 0 bridgehead atoms. The van der Waals surface area contributed by atoms with Crippen LogP contribution in [0, 0.1) is 0 Å². The molecule has 1 saturated heterocycles. The van der Waals surface area contributed by atoms with Crippen molar-refractivity contribution in [3.63, 3.8) is 0 Å². The molecule has 8 nitrogen and oxygen atoms in total. The van der Waals surface area contributed by atoms with Gasteiger partial charge in [0, 0.05) is 5.69 Å². The lowest BCUT2D eigenvalue weighted by Crippen LogP contribution is -2.42. The molecular weight excluding hydrogens is 386 g/mol. The van der Waals surface area contributed by atoms with Crippen molar-refractivity contribution < 1.29 is 23.9 Å². The summed E-state index contributed by atoms with van der Waals surface area (Å²) in [5.74, 6) is 0.166. The molecule has 0 radical (unpaired) electrons. The number of anilines is 1. The van der Waals surface area contributed by atoms with Crippen molar-refractivity contribution in [3.8, 4) is 11.5 Å². The molecule has 0 aromatic heterocycles. The van der Waals surface area contributed by atoms with Crippen LogP contribution in [-0.2, 0) is 21.5 Å². The predicted molar refractivity (Wildman–Crippen MR) is 109 cm³/mol. The van der Waals surface area contributed by atoms with Gasteiger partial charge < -0.3 is 20.1 Å². The lowest BCUT2D eigenvalue weighted by Gasteiger charge is -2.25. The van der Waals surface area contributed by atoms with Gasteiger partial charge >= 0.3 is 6.03 Å². The monoisotopic (exact) mass is 409 g/mol. The maximum Gasteiger partial charge on any atom is 0.325 e. The number of ether oxygens (including phenoxy) is 2. The van der Waals surface area contributed by atoms with E-state index in [0.717, 1.165) is 16.9 Å². The van der Waals surface area contributed by atoms with Gasteiger partial charge in [-0.05, 0) is 48.7 Å². The average Bonchev–Trinajstić information content (AvgIpc) is 2.98. The molecule has 4 rings (SSSR count). The lowest BCUT2D eigenvalue weighted by atomic mass is 9.91. The number of carbonyl (C=O) groups is 3. The van der Waals surface area contributed by atoms with Crippen molar-refractivity contribution in [1.82, 2.24) is 10.2 Å². The fourth-order valence-electron chi connectivity index (χ4n) is 3.56. The minimum atomic E-state index is -1.30. The predicted octanol–water partition coefficient (Wildman–Crippen LogP) is 2.43. The van der Waals surface area contributed by atoms with Crippen LogP contribution >= 0.6 is 0 Å². The molecule has 2 aliphatic heterocycles. The summed E-state index contributed by atoms with van der Waals surface area (Å²) in [6.45, 7) is 4.16. The second kappa shape index (κ2) is 7.70. The molecule has 0 saturated carbocycles. The van der Waals surface area contributed by atoms with E-state index in [1.807, 2.05) is 19.1 Å². The number of imide groups is 1. The normalized spacial score (nSPS) is 20.1. The van der Waals surface area contributed by atoms with E-state index in [2.05, 4.69) is 10.6 Å². The van der Waals surface area contributed by atoms with Crippen molar-refractivity contribution in [3.05, 3.63) is 53.6 Å². The van der Waals surface area contributed by atoms with Gasteiger partial charge in [0.15, 0.2) is 11.5 Å². The van der Waals surface area contributed by atoms with Crippen LogP contribution in [-0.4, -0.2) is 42.5 Å². The molecule has 156 valence electrons. The number of urea groups is 1. The lowest BCUT2D eigenvalue weighted by molar-refractivity contribution is -0.133. The summed E-state index contributed by atoms with van der Waals surface area (Å²) < 4.78 is 11.1. The van der Waals surface area contributed by atoms with Gasteiger partial charge in [-0.1, -0.05) is 25.1 Å². The Morgan fingerprint density at radius 2 is 1.80 bits per heavy atom. The Balaban J connectivity index is 1.48. The third kappa shape index (κ3) is 3.56. The van der Waals surface area contributed by atoms with Crippen molar-refractivity contribution in [2.24, 2.45) is 0 Å². The van der Waals surface area contributed by atoms with Crippen LogP contribution in [0.2, 0.25) is 0 Å². The summed E-state index contributed by atoms with van der Waals surface area (Å²) in [6.07, 6.45) is 0.898. The molecule has 2 heterocycles. The number of hydrogen-bond donors (Lipinski definition) is 2. The molecule has 0 spiro atoms. The highest BCUT2D eigenvalue weighted by Gasteiger charge is 2.49. The molecule has 4 amide bonds. The highest BCUT2D eigenvalue weighted by Crippen LogP contribution is 2.36. The van der Waals surface area contributed by atoms with Crippen LogP contribution in [0.4, 0.5) is 10.5 Å². The standard InChI is InChI=1S/C22H23N3O5/c1-3-14-4-7-16(8-5-14)23-19(26)13-25-20(27)22(2,24-21(25)28)15-6-9-17-18(12-15)30-11-10-29-17/h4-9,12H,3,10-11,13H2,1-2H3,(H,23,26)(H,24,28). The maximum atomic E-state index is 13.1. The molecule has 1 atom stereocenters. The maximum absolute atomic E-state index is 13.1. The van der Waals surface area contributed by atoms with E-state index in [0.29, 0.717) is 36.0 Å². The van der Waals surface area contributed by atoms with Gasteiger partial charge in [-0.2, -0.15) is 0 Å². The summed E-state index contributed by atoms with van der Waals surface area (Å²) in [4.78, 5) is 38.9. The summed E-state index contributed by atoms with van der Waals surface area (Å²) in [6, 6.07) is 11.9. The highest BCUT2D eigenvalue weighted by atomic mass is 16.6. The SMILES string of the molecule is CCc1ccc(NC(=O)CN2C(=O)NC(C)(c3ccc4c(c3)OCCO4)C2=O)cc1. The smallest absolute Gasteiger partial charge is 0.325 e. The molecule has 2 aromatic rings. The van der Waals surface area contributed by atoms with E-state index in [1.54, 1.807) is 37.3 Å². The Labute approximate surface area is 174 Å². The Morgan fingerprint density at radius 3 is 2.50 bits per heavy atom. The van der Waals surface area contributed by atoms with Gasteiger partial charge in [0.1, 0.15) is 25.3 Å². The topological polar surface area (TPSA) is 97.0 Å². The summed E-state index contributed by atoms with van der Waals surface area (Å²) in [5, 5.41) is 5.42. The van der Waals surface area contributed by atoms with Gasteiger partial charge in [0.25, 0.3) is 5.91 Å². The largest absolute Gasteiger partial charge is 0.486 e. The van der Waals surface area contributed by atoms with Gasteiger partial charge in [-0.3, -0.25) is 14.5 Å². The Bertz CT molecular complexity index is 1000. The zero-order chi connectivity index (χ0) is 21.3. The first-order valence-electron chi connectivity index (χ1n) is 9.84. The van der Waals surface area contributed by atoms with Crippen molar-refractivity contribution in [2.75, 3.05) is 25.1 Å². The highest BCUT2D eigenvalue weighted by molar-refractivity contribution is 6.10. The number of benzene rings is 2. The van der Waals surface area contributed by atoms with Crippen LogP contribution in [0.25, 0.3) is 0 Å². The number of nitrogens with one attached hydrogen (secondary N) is 2. The van der Waals surface area contributed by atoms with Gasteiger partial charge in [0.2, 0.25) is 5.91 Å². The van der Waals surface area contributed by atoms with Crippen LogP contribution in [0.15, 0.2) is 42.5 Å². The zero-order valence-electron chi connectivity index (χ0n) is 16.9. The van der Waals surface area contributed by atoms with E-state index >= 15 is 0 Å². The molecule has 1 fully saturated rings. The number of aryl methyl sites for hydroxylation is 1. The Morgan fingerprint density at radius 1 is 1.10 bits per heavy atom. The summed E-state index contributed by atoms with van der Waals surface area (Å²) in [5.41, 5.74) is 1.02. The quantitative estimate of drug-likeness (QED) is 0.740. The number of nitrogens with zero attached hydrogens (tertiary/aromatic N) is 1. The molecule has 8 heteroatoms. The van der Waals surface area contributed by atoms with E-state index in [4.69, 9.17) is 9.47 Å². The van der Waals surface area contributed by atoms with Crippen LogP contribution in [0.5, 0.6) is 11.5 Å². The van der Waals surface area contributed by atoms with E-state index in [9.17, 15) is 14.4 Å². The first-order valence-corrected chi connectivity index (χ1v) is 9.84. The zero-order valence-corrected chi connectivity index (χ0v) is 16.9. The summed E-state index contributed by atoms with van der Waals surface area (Å²) in [7, 11) is 0. The van der Waals surface area contributed by atoms with Crippen LogP contribution in [0.1, 0.15) is 25.0 Å². The van der Waals surface area contributed by atoms with Crippen molar-refractivity contribution in [1.29, 1.82) is 0 Å². The average molecular weight is 409 g/mol. The number of carbonyl (C=O) groups excluding carboxylic acids is 3. The number of hydrogen-bond acceptors (Lipinski definition) is 5. The number of fused-ring (bicyclic) bond motifs is 1. The van der Waals surface area contributed by atoms with Gasteiger partial charge in [-0.25, -0.2) is 4.79 Å². The fraction of sp³-hybridized carbons (Fsp3) is 0.318. The minimum Gasteiger partial charge on any atom is -0.486 e. The fourth-order valence-corrected chi connectivity index (χ4v) is 3.56. The molecule has 0 aliphatic carbocycles. The van der Waals surface area contributed by atoms with Gasteiger partial charge in [-0.15, -0.1) is 0 Å². The first kappa shape index (κ1) is 19.8. The van der Waals surface area contributed by atoms with E-state index < -0.39 is 23.4 Å². The number of rotatable bonds is 5. The van der Waals surface area contributed by atoms with Crippen LogP contribution in [0.3, 0.4) is 0 Å². The van der Waals surface area contributed by atoms with E-state index in [-0.39, 0.29) is 6.54 Å². The summed E-state index contributed by atoms with van der Waals surface area (Å²) >= 11 is 0. The molecule has 2 N–H and O–H groups in total. The Hall–Kier alpha value is -3.55. The van der Waals surface area contributed by atoms with E-state index in [1.165, 1.54) is 0 Å². The third-order valence-corrected chi connectivity index (χ3v) is 5.34. The Kier molecular flexibility index (Phi) is 5.07. The second-order valence-corrected chi connectivity index (χ2v) is 7.40. The third-order valence-electron chi connectivity index (χ3n) is 5.34. The molecule has 2 aliphatic rings. The van der Waals surface area contributed by atoms with Gasteiger partial charge in [0.05, 0.1) is 0 Å². The molecular formula is C22H23N3O5. The second-order valence-electron chi connectivity index (χ2n) is 7.40. The van der Waals surface area contributed by atoms with Crippen molar-refractivity contribution in [2.45, 2.75) is 25.8 Å². The minimum absolute atomic E-state index is 0.375.